The average Bonchev–Trinajstić information content (AvgIpc) is 3.40. The zero-order chi connectivity index (χ0) is 18.5. The summed E-state index contributed by atoms with van der Waals surface area (Å²) in [4.78, 5) is 12.2. The molecule has 0 radical (unpaired) electrons. The number of nitrogens with one attached hydrogen (secondary N) is 1. The predicted octanol–water partition coefficient (Wildman–Crippen LogP) is 3.49. The van der Waals surface area contributed by atoms with Crippen LogP contribution in [0.3, 0.4) is 0 Å². The van der Waals surface area contributed by atoms with Gasteiger partial charge in [-0.3, -0.25) is 4.79 Å². The second-order valence-electron chi connectivity index (χ2n) is 5.91. The van der Waals surface area contributed by atoms with Crippen LogP contribution in [0.25, 0.3) is 17.1 Å². The van der Waals surface area contributed by atoms with Crippen LogP contribution in [0.4, 0.5) is 5.69 Å². The van der Waals surface area contributed by atoms with Gasteiger partial charge < -0.3 is 9.73 Å². The number of carbonyl (C=O) groups is 1. The van der Waals surface area contributed by atoms with E-state index in [1.54, 1.807) is 10.9 Å². The van der Waals surface area contributed by atoms with Crippen LogP contribution in [0.5, 0.6) is 0 Å². The lowest BCUT2D eigenvalue weighted by atomic mass is 10.2. The monoisotopic (exact) mass is 359 g/mol. The smallest absolute Gasteiger partial charge is 0.247 e. The van der Waals surface area contributed by atoms with Crippen molar-refractivity contribution in [2.24, 2.45) is 0 Å². The molecule has 0 fully saturated rings. The molecule has 0 spiro atoms. The maximum absolute atomic E-state index is 12.2. The summed E-state index contributed by atoms with van der Waals surface area (Å²) < 4.78 is 7.37. The number of hydrogen-bond donors (Lipinski definition) is 1. The third-order valence-corrected chi connectivity index (χ3v) is 3.97. The van der Waals surface area contributed by atoms with Gasteiger partial charge in [0.25, 0.3) is 0 Å². The van der Waals surface area contributed by atoms with E-state index in [-0.39, 0.29) is 12.3 Å². The van der Waals surface area contributed by atoms with Gasteiger partial charge in [-0.1, -0.05) is 18.2 Å². The second-order valence-corrected chi connectivity index (χ2v) is 5.91. The maximum Gasteiger partial charge on any atom is 0.247 e. The average molecular weight is 359 g/mol. The van der Waals surface area contributed by atoms with Crippen molar-refractivity contribution in [1.29, 1.82) is 0 Å². The highest BCUT2D eigenvalue weighted by atomic mass is 16.4. The first kappa shape index (κ1) is 16.7. The fourth-order valence-electron chi connectivity index (χ4n) is 2.62. The first-order valence-corrected chi connectivity index (χ1v) is 8.56. The van der Waals surface area contributed by atoms with Crippen molar-refractivity contribution in [2.45, 2.75) is 12.8 Å². The highest BCUT2D eigenvalue weighted by Gasteiger charge is 2.10. The summed E-state index contributed by atoms with van der Waals surface area (Å²) in [5.74, 6) is 0.791. The van der Waals surface area contributed by atoms with E-state index in [0.717, 1.165) is 16.9 Å². The fourth-order valence-corrected chi connectivity index (χ4v) is 2.62. The van der Waals surface area contributed by atoms with Crippen LogP contribution in [0.1, 0.15) is 12.3 Å². The van der Waals surface area contributed by atoms with Crippen LogP contribution in [0, 0.1) is 0 Å². The Labute approximate surface area is 155 Å². The second kappa shape index (κ2) is 7.65. The van der Waals surface area contributed by atoms with E-state index >= 15 is 0 Å². The fraction of sp³-hybridized carbons (Fsp3) is 0.100. The normalized spacial score (nSPS) is 10.7. The minimum absolute atomic E-state index is 0.110. The van der Waals surface area contributed by atoms with Crippen molar-refractivity contribution in [1.82, 2.24) is 20.0 Å². The van der Waals surface area contributed by atoms with Gasteiger partial charge in [-0.15, -0.1) is 10.2 Å². The van der Waals surface area contributed by atoms with Gasteiger partial charge in [-0.05, 0) is 42.5 Å². The van der Waals surface area contributed by atoms with E-state index in [4.69, 9.17) is 4.42 Å². The third kappa shape index (κ3) is 4.09. The van der Waals surface area contributed by atoms with Crippen LogP contribution in [0.15, 0.2) is 77.5 Å². The molecule has 0 atom stereocenters. The molecule has 0 saturated carbocycles. The Kier molecular flexibility index (Phi) is 4.74. The van der Waals surface area contributed by atoms with Gasteiger partial charge in [0.05, 0.1) is 5.69 Å². The van der Waals surface area contributed by atoms with Crippen LogP contribution in [-0.2, 0) is 11.2 Å². The molecule has 0 aliphatic rings. The lowest BCUT2D eigenvalue weighted by Crippen LogP contribution is -2.12. The molecule has 2 aromatic carbocycles. The van der Waals surface area contributed by atoms with Crippen LogP contribution >= 0.6 is 0 Å². The largest absolute Gasteiger partial charge is 0.421 e. The Morgan fingerprint density at radius 2 is 1.81 bits per heavy atom. The molecule has 4 aromatic rings. The van der Waals surface area contributed by atoms with Crippen molar-refractivity contribution < 1.29 is 9.21 Å². The molecule has 0 aliphatic carbocycles. The van der Waals surface area contributed by atoms with E-state index in [1.807, 2.05) is 66.9 Å². The van der Waals surface area contributed by atoms with E-state index in [2.05, 4.69) is 20.6 Å². The number of hydrogen-bond acceptors (Lipinski definition) is 5. The predicted molar refractivity (Wildman–Crippen MR) is 100 cm³/mol. The Morgan fingerprint density at radius 1 is 1.00 bits per heavy atom. The van der Waals surface area contributed by atoms with E-state index in [0.29, 0.717) is 18.2 Å². The Bertz CT molecular complexity index is 1010. The zero-order valence-corrected chi connectivity index (χ0v) is 14.4. The molecule has 0 bridgehead atoms. The van der Waals surface area contributed by atoms with Crippen LogP contribution < -0.4 is 5.32 Å². The molecule has 2 aromatic heterocycles. The number of anilines is 1. The zero-order valence-electron chi connectivity index (χ0n) is 14.4. The number of aryl methyl sites for hydroxylation is 1. The summed E-state index contributed by atoms with van der Waals surface area (Å²) in [6.45, 7) is 0. The molecule has 7 nitrogen and oxygen atoms in total. The van der Waals surface area contributed by atoms with E-state index in [9.17, 15) is 4.79 Å². The Morgan fingerprint density at radius 3 is 2.56 bits per heavy atom. The molecule has 27 heavy (non-hydrogen) atoms. The maximum atomic E-state index is 12.2. The summed E-state index contributed by atoms with van der Waals surface area (Å²) in [5.41, 5.74) is 2.52. The van der Waals surface area contributed by atoms with Gasteiger partial charge in [-0.25, -0.2) is 4.68 Å². The van der Waals surface area contributed by atoms with Gasteiger partial charge in [0.2, 0.25) is 17.7 Å². The van der Waals surface area contributed by atoms with Crippen molar-refractivity contribution in [2.75, 3.05) is 5.32 Å². The first-order chi connectivity index (χ1) is 13.3. The molecule has 0 aliphatic heterocycles. The van der Waals surface area contributed by atoms with Gasteiger partial charge >= 0.3 is 0 Å². The van der Waals surface area contributed by atoms with Crippen molar-refractivity contribution in [3.05, 3.63) is 78.9 Å². The van der Waals surface area contributed by atoms with E-state index in [1.165, 1.54) is 0 Å². The summed E-state index contributed by atoms with van der Waals surface area (Å²) in [5, 5.41) is 15.1. The lowest BCUT2D eigenvalue weighted by Gasteiger charge is -2.06. The molecule has 4 rings (SSSR count). The number of carbonyl (C=O) groups excluding carboxylic acids is 1. The molecule has 2 heterocycles. The molecule has 134 valence electrons. The molecule has 0 saturated heterocycles. The van der Waals surface area contributed by atoms with Crippen LogP contribution in [0.2, 0.25) is 0 Å². The van der Waals surface area contributed by atoms with Gasteiger partial charge in [-0.2, -0.15) is 5.10 Å². The number of aromatic nitrogens is 4. The van der Waals surface area contributed by atoms with Gasteiger partial charge in [0, 0.05) is 36.5 Å². The minimum atomic E-state index is -0.110. The van der Waals surface area contributed by atoms with Crippen molar-refractivity contribution >= 4 is 11.6 Å². The van der Waals surface area contributed by atoms with Crippen molar-refractivity contribution in [3.8, 4) is 17.1 Å². The summed E-state index contributed by atoms with van der Waals surface area (Å²) in [6.07, 6.45) is 4.23. The minimum Gasteiger partial charge on any atom is -0.421 e. The topological polar surface area (TPSA) is 85.8 Å². The molecule has 1 amide bonds. The molecular weight excluding hydrogens is 342 g/mol. The first-order valence-electron chi connectivity index (χ1n) is 8.56. The van der Waals surface area contributed by atoms with E-state index < -0.39 is 0 Å². The molecular formula is C20H17N5O2. The van der Waals surface area contributed by atoms with Gasteiger partial charge in [0.15, 0.2) is 0 Å². The highest BCUT2D eigenvalue weighted by molar-refractivity contribution is 5.90. The number of nitrogens with zero attached hydrogens (tertiary/aromatic N) is 4. The SMILES string of the molecule is O=C(CCc1nnc(-c2ccccc2)o1)Nc1ccc(-n2cccn2)cc1. The highest BCUT2D eigenvalue weighted by Crippen LogP contribution is 2.18. The number of amides is 1. The number of rotatable bonds is 6. The number of benzene rings is 2. The Hall–Kier alpha value is -3.74. The van der Waals surface area contributed by atoms with Crippen LogP contribution in [-0.4, -0.2) is 25.9 Å². The lowest BCUT2D eigenvalue weighted by molar-refractivity contribution is -0.116. The quantitative estimate of drug-likeness (QED) is 0.569. The van der Waals surface area contributed by atoms with Crippen molar-refractivity contribution in [3.63, 3.8) is 0 Å². The summed E-state index contributed by atoms with van der Waals surface area (Å²) in [7, 11) is 0. The van der Waals surface area contributed by atoms with Gasteiger partial charge in [0.1, 0.15) is 0 Å². The summed E-state index contributed by atoms with van der Waals surface area (Å²) in [6, 6.07) is 18.9. The third-order valence-electron chi connectivity index (χ3n) is 3.97. The standard InChI is InChI=1S/C20H17N5O2/c26-18(22-16-7-9-17(10-8-16)25-14-4-13-21-25)11-12-19-23-24-20(27-19)15-5-2-1-3-6-15/h1-10,13-14H,11-12H2,(H,22,26). The molecule has 1 N–H and O–H groups in total. The summed E-state index contributed by atoms with van der Waals surface area (Å²) >= 11 is 0. The molecule has 7 heteroatoms. The Balaban J connectivity index is 1.32. The molecule has 0 unspecified atom stereocenters.